The minimum atomic E-state index is 0.174. The fraction of sp³-hybridized carbons (Fsp3) is 0.167. The standard InChI is InChI=1S/C6H3NO3/c7-1-4-6-5(2-8-4)9-3-10-6/h2H,3H2. The molecule has 0 aliphatic carbocycles. The summed E-state index contributed by atoms with van der Waals surface area (Å²) in [6.07, 6.45) is 1.36. The van der Waals surface area contributed by atoms with Gasteiger partial charge in [-0.1, -0.05) is 0 Å². The smallest absolute Gasteiger partial charge is 0.249 e. The molecule has 1 aromatic rings. The van der Waals surface area contributed by atoms with E-state index in [-0.39, 0.29) is 12.6 Å². The average molecular weight is 137 g/mol. The zero-order valence-corrected chi connectivity index (χ0v) is 4.96. The van der Waals surface area contributed by atoms with E-state index in [0.29, 0.717) is 11.5 Å². The molecule has 0 amide bonds. The van der Waals surface area contributed by atoms with Crippen molar-refractivity contribution in [2.45, 2.75) is 0 Å². The van der Waals surface area contributed by atoms with Gasteiger partial charge in [-0.2, -0.15) is 5.26 Å². The number of hydrogen-bond acceptors (Lipinski definition) is 4. The van der Waals surface area contributed by atoms with E-state index in [9.17, 15) is 0 Å². The molecule has 0 saturated carbocycles. The first-order valence-corrected chi connectivity index (χ1v) is 2.69. The molecular weight excluding hydrogens is 134 g/mol. The maximum Gasteiger partial charge on any atom is 0.249 e. The van der Waals surface area contributed by atoms with E-state index in [1.165, 1.54) is 6.26 Å². The lowest BCUT2D eigenvalue weighted by Gasteiger charge is -1.88. The number of ether oxygens (including phenoxy) is 2. The number of fused-ring (bicyclic) bond motifs is 1. The van der Waals surface area contributed by atoms with Crippen molar-refractivity contribution in [3.05, 3.63) is 12.0 Å². The second-order valence-corrected chi connectivity index (χ2v) is 1.78. The third kappa shape index (κ3) is 0.490. The fourth-order valence-corrected chi connectivity index (χ4v) is 0.797. The average Bonchev–Trinajstić information content (AvgIpc) is 2.44. The maximum absolute atomic E-state index is 8.41. The topological polar surface area (TPSA) is 55.4 Å². The molecule has 1 aromatic heterocycles. The normalized spacial score (nSPS) is 13.1. The highest BCUT2D eigenvalue weighted by Gasteiger charge is 2.21. The predicted molar refractivity (Wildman–Crippen MR) is 29.5 cm³/mol. The summed E-state index contributed by atoms with van der Waals surface area (Å²) in [6, 6.07) is 1.84. The van der Waals surface area contributed by atoms with Crippen LogP contribution in [0.3, 0.4) is 0 Å². The van der Waals surface area contributed by atoms with Crippen molar-refractivity contribution < 1.29 is 13.9 Å². The minimum Gasteiger partial charge on any atom is -0.450 e. The summed E-state index contributed by atoms with van der Waals surface area (Å²) in [6.45, 7) is 0.176. The van der Waals surface area contributed by atoms with Gasteiger partial charge in [0.25, 0.3) is 0 Å². The fourth-order valence-electron chi connectivity index (χ4n) is 0.797. The van der Waals surface area contributed by atoms with Crippen molar-refractivity contribution in [3.63, 3.8) is 0 Å². The molecular formula is C6H3NO3. The van der Waals surface area contributed by atoms with E-state index in [4.69, 9.17) is 19.2 Å². The monoisotopic (exact) mass is 137 g/mol. The molecule has 1 aliphatic rings. The molecule has 0 spiro atoms. The minimum absolute atomic E-state index is 0.174. The molecule has 50 valence electrons. The third-order valence-electron chi connectivity index (χ3n) is 1.23. The first-order chi connectivity index (χ1) is 4.92. The van der Waals surface area contributed by atoms with E-state index in [1.54, 1.807) is 0 Å². The van der Waals surface area contributed by atoms with Crippen LogP contribution < -0.4 is 9.47 Å². The zero-order valence-electron chi connectivity index (χ0n) is 4.96. The summed E-state index contributed by atoms with van der Waals surface area (Å²) in [7, 11) is 0. The second-order valence-electron chi connectivity index (χ2n) is 1.78. The summed E-state index contributed by atoms with van der Waals surface area (Å²) in [5, 5.41) is 8.41. The van der Waals surface area contributed by atoms with E-state index in [1.807, 2.05) is 6.07 Å². The molecule has 0 N–H and O–H groups in total. The van der Waals surface area contributed by atoms with Crippen LogP contribution in [0.25, 0.3) is 0 Å². The number of nitriles is 1. The highest BCUT2D eigenvalue weighted by atomic mass is 16.7. The van der Waals surface area contributed by atoms with Gasteiger partial charge < -0.3 is 13.9 Å². The van der Waals surface area contributed by atoms with Crippen molar-refractivity contribution in [2.24, 2.45) is 0 Å². The van der Waals surface area contributed by atoms with Gasteiger partial charge in [-0.3, -0.25) is 0 Å². The summed E-state index contributed by atoms with van der Waals surface area (Å²) in [4.78, 5) is 0. The molecule has 0 fully saturated rings. The summed E-state index contributed by atoms with van der Waals surface area (Å²) < 4.78 is 14.6. The lowest BCUT2D eigenvalue weighted by Crippen LogP contribution is -1.94. The van der Waals surface area contributed by atoms with Crippen molar-refractivity contribution in [3.8, 4) is 17.6 Å². The molecule has 0 unspecified atom stereocenters. The van der Waals surface area contributed by atoms with E-state index >= 15 is 0 Å². The highest BCUT2D eigenvalue weighted by Crippen LogP contribution is 2.36. The Kier molecular flexibility index (Phi) is 0.866. The lowest BCUT2D eigenvalue weighted by atomic mass is 10.4. The number of rotatable bonds is 0. The largest absolute Gasteiger partial charge is 0.450 e. The Morgan fingerprint density at radius 2 is 2.40 bits per heavy atom. The van der Waals surface area contributed by atoms with Crippen LogP contribution in [0.15, 0.2) is 10.7 Å². The molecule has 0 radical (unpaired) electrons. The number of furan rings is 1. The quantitative estimate of drug-likeness (QED) is 0.532. The van der Waals surface area contributed by atoms with E-state index in [2.05, 4.69) is 0 Å². The maximum atomic E-state index is 8.41. The first-order valence-electron chi connectivity index (χ1n) is 2.69. The third-order valence-corrected chi connectivity index (χ3v) is 1.23. The van der Waals surface area contributed by atoms with Crippen LogP contribution in [0.1, 0.15) is 5.76 Å². The Labute approximate surface area is 56.6 Å². The lowest BCUT2D eigenvalue weighted by molar-refractivity contribution is 0.166. The van der Waals surface area contributed by atoms with Gasteiger partial charge in [-0.15, -0.1) is 0 Å². The highest BCUT2D eigenvalue weighted by molar-refractivity contribution is 5.48. The number of hydrogen-bond donors (Lipinski definition) is 0. The van der Waals surface area contributed by atoms with Gasteiger partial charge in [-0.25, -0.2) is 0 Å². The molecule has 0 aromatic carbocycles. The molecule has 2 rings (SSSR count). The Morgan fingerprint density at radius 1 is 1.50 bits per heavy atom. The van der Waals surface area contributed by atoms with Crippen LogP contribution in [-0.4, -0.2) is 6.79 Å². The van der Waals surface area contributed by atoms with Gasteiger partial charge in [0.05, 0.1) is 0 Å². The molecule has 0 atom stereocenters. The first kappa shape index (κ1) is 5.18. The van der Waals surface area contributed by atoms with Gasteiger partial charge in [0.1, 0.15) is 12.3 Å². The summed E-state index contributed by atoms with van der Waals surface area (Å²) in [5.74, 6) is 1.10. The molecule has 10 heavy (non-hydrogen) atoms. The molecule has 4 nitrogen and oxygen atoms in total. The second kappa shape index (κ2) is 1.67. The van der Waals surface area contributed by atoms with Crippen LogP contribution in [0.4, 0.5) is 0 Å². The van der Waals surface area contributed by atoms with Crippen molar-refractivity contribution >= 4 is 0 Å². The Bertz CT molecular complexity index is 296. The molecule has 0 saturated heterocycles. The Morgan fingerprint density at radius 3 is 3.20 bits per heavy atom. The molecule has 4 heteroatoms. The van der Waals surface area contributed by atoms with Gasteiger partial charge in [-0.05, 0) is 0 Å². The van der Waals surface area contributed by atoms with E-state index < -0.39 is 0 Å². The van der Waals surface area contributed by atoms with Crippen LogP contribution in [-0.2, 0) is 0 Å². The SMILES string of the molecule is N#Cc1occ2c1OCO2. The Balaban J connectivity index is 2.57. The predicted octanol–water partition coefficient (Wildman–Crippen LogP) is 0.880. The van der Waals surface area contributed by atoms with Gasteiger partial charge >= 0.3 is 0 Å². The van der Waals surface area contributed by atoms with Crippen LogP contribution >= 0.6 is 0 Å². The Hall–Kier alpha value is -1.63. The van der Waals surface area contributed by atoms with Gasteiger partial charge in [0.15, 0.2) is 0 Å². The van der Waals surface area contributed by atoms with Crippen molar-refractivity contribution in [2.75, 3.05) is 6.79 Å². The van der Waals surface area contributed by atoms with Crippen LogP contribution in [0.2, 0.25) is 0 Å². The van der Waals surface area contributed by atoms with E-state index in [0.717, 1.165) is 0 Å². The summed E-state index contributed by atoms with van der Waals surface area (Å²) >= 11 is 0. The van der Waals surface area contributed by atoms with Gasteiger partial charge in [0.2, 0.25) is 24.1 Å². The summed E-state index contributed by atoms with van der Waals surface area (Å²) in [5.41, 5.74) is 0. The molecule has 1 aliphatic heterocycles. The van der Waals surface area contributed by atoms with Crippen molar-refractivity contribution in [1.29, 1.82) is 5.26 Å². The van der Waals surface area contributed by atoms with Crippen LogP contribution in [0, 0.1) is 11.3 Å². The number of nitrogens with zero attached hydrogens (tertiary/aromatic N) is 1. The van der Waals surface area contributed by atoms with Crippen LogP contribution in [0.5, 0.6) is 11.5 Å². The zero-order chi connectivity index (χ0) is 6.97. The van der Waals surface area contributed by atoms with Gasteiger partial charge in [0, 0.05) is 0 Å². The van der Waals surface area contributed by atoms with Crippen molar-refractivity contribution in [1.82, 2.24) is 0 Å². The molecule has 2 heterocycles. The molecule has 0 bridgehead atoms.